The lowest BCUT2D eigenvalue weighted by atomic mass is 9.96. The van der Waals surface area contributed by atoms with E-state index in [1.807, 2.05) is 59.5 Å². The minimum absolute atomic E-state index is 0.0540. The quantitative estimate of drug-likeness (QED) is 0.389. The molecule has 0 radical (unpaired) electrons. The van der Waals surface area contributed by atoms with Crippen molar-refractivity contribution in [3.05, 3.63) is 72.1 Å². The highest BCUT2D eigenvalue weighted by Crippen LogP contribution is 2.48. The maximum absolute atomic E-state index is 9.56. The van der Waals surface area contributed by atoms with E-state index < -0.39 is 0 Å². The number of nitrogens with zero attached hydrogens (tertiary/aromatic N) is 4. The van der Waals surface area contributed by atoms with Crippen molar-refractivity contribution in [2.45, 2.75) is 37.3 Å². The molecular weight excluding hydrogens is 414 g/mol. The summed E-state index contributed by atoms with van der Waals surface area (Å²) in [5.74, 6) is 2.20. The number of rotatable bonds is 6. The van der Waals surface area contributed by atoms with Gasteiger partial charge >= 0.3 is 0 Å². The van der Waals surface area contributed by atoms with Gasteiger partial charge in [-0.15, -0.1) is 0 Å². The molecular formula is C25H25N7O. The fourth-order valence-electron chi connectivity index (χ4n) is 4.42. The van der Waals surface area contributed by atoms with Crippen molar-refractivity contribution in [2.24, 2.45) is 0 Å². The molecule has 33 heavy (non-hydrogen) atoms. The largest absolute Gasteiger partial charge is 0.457 e. The number of nitrogen functional groups attached to an aromatic ring is 1. The number of nitrogens with one attached hydrogen (secondary N) is 2. The van der Waals surface area contributed by atoms with E-state index in [4.69, 9.17) is 15.9 Å². The van der Waals surface area contributed by atoms with Crippen molar-refractivity contribution in [3.8, 4) is 17.7 Å². The smallest absolute Gasteiger partial charge is 0.179 e. The van der Waals surface area contributed by atoms with Gasteiger partial charge in [-0.1, -0.05) is 18.2 Å². The number of anilines is 2. The average molecular weight is 440 g/mol. The second-order valence-corrected chi connectivity index (χ2v) is 8.61. The monoisotopic (exact) mass is 439 g/mol. The number of hydrogen-bond donors (Lipinski definition) is 3. The van der Waals surface area contributed by atoms with E-state index in [1.165, 1.54) is 6.33 Å². The molecule has 1 atom stereocenters. The minimum Gasteiger partial charge on any atom is -0.457 e. The molecule has 2 heterocycles. The summed E-state index contributed by atoms with van der Waals surface area (Å²) < 4.78 is 5.85. The van der Waals surface area contributed by atoms with Crippen molar-refractivity contribution in [2.75, 3.05) is 17.6 Å². The molecule has 1 saturated carbocycles. The molecule has 1 aliphatic heterocycles. The van der Waals surface area contributed by atoms with Gasteiger partial charge in [0.05, 0.1) is 16.8 Å². The van der Waals surface area contributed by atoms with E-state index in [9.17, 15) is 5.26 Å². The molecule has 2 aliphatic rings. The van der Waals surface area contributed by atoms with Crippen molar-refractivity contribution >= 4 is 17.3 Å². The molecule has 5 rings (SSSR count). The molecule has 1 saturated heterocycles. The van der Waals surface area contributed by atoms with Crippen LogP contribution >= 0.6 is 0 Å². The average Bonchev–Trinajstić information content (AvgIpc) is 3.61. The normalized spacial score (nSPS) is 18.4. The molecule has 2 fully saturated rings. The summed E-state index contributed by atoms with van der Waals surface area (Å²) in [4.78, 5) is 10.4. The Hall–Kier alpha value is -4.12. The lowest BCUT2D eigenvalue weighted by molar-refractivity contribution is 0.192. The van der Waals surface area contributed by atoms with Crippen molar-refractivity contribution in [1.29, 1.82) is 10.7 Å². The summed E-state index contributed by atoms with van der Waals surface area (Å²) in [6, 6.07) is 16.9. The van der Waals surface area contributed by atoms with E-state index in [1.54, 1.807) is 0 Å². The number of piperidine rings is 1. The highest BCUT2D eigenvalue weighted by Gasteiger charge is 2.51. The summed E-state index contributed by atoms with van der Waals surface area (Å²) in [6.45, 7) is 0.624. The van der Waals surface area contributed by atoms with Crippen molar-refractivity contribution in [3.63, 3.8) is 0 Å². The fourth-order valence-corrected chi connectivity index (χ4v) is 4.42. The van der Waals surface area contributed by atoms with Gasteiger partial charge in [-0.2, -0.15) is 5.26 Å². The zero-order chi connectivity index (χ0) is 22.8. The topological polar surface area (TPSA) is 124 Å². The number of para-hydroxylation sites is 1. The maximum atomic E-state index is 9.56. The van der Waals surface area contributed by atoms with Crippen LogP contribution in [-0.4, -0.2) is 38.7 Å². The first kappa shape index (κ1) is 20.8. The van der Waals surface area contributed by atoms with Crippen LogP contribution in [-0.2, 0) is 0 Å². The van der Waals surface area contributed by atoms with Crippen LogP contribution in [0.2, 0.25) is 0 Å². The summed E-state index contributed by atoms with van der Waals surface area (Å²) in [5.41, 5.74) is 7.64. The second-order valence-electron chi connectivity index (χ2n) is 8.61. The summed E-state index contributed by atoms with van der Waals surface area (Å²) in [6.07, 6.45) is 7.86. The molecule has 8 nitrogen and oxygen atoms in total. The summed E-state index contributed by atoms with van der Waals surface area (Å²) in [7, 11) is 0. The Balaban J connectivity index is 1.34. The lowest BCUT2D eigenvalue weighted by Gasteiger charge is -2.37. The molecule has 166 valence electrons. The van der Waals surface area contributed by atoms with Crippen LogP contribution in [0.4, 0.5) is 11.6 Å². The molecule has 2 aromatic carbocycles. The van der Waals surface area contributed by atoms with E-state index >= 15 is 0 Å². The number of ether oxygens (including phenoxy) is 1. The zero-order valence-electron chi connectivity index (χ0n) is 18.2. The van der Waals surface area contributed by atoms with Crippen molar-refractivity contribution in [1.82, 2.24) is 14.9 Å². The third kappa shape index (κ3) is 4.17. The summed E-state index contributed by atoms with van der Waals surface area (Å²) in [5, 5.41) is 21.8. The first-order valence-electron chi connectivity index (χ1n) is 11.0. The van der Waals surface area contributed by atoms with Crippen LogP contribution in [0.15, 0.2) is 60.9 Å². The van der Waals surface area contributed by atoms with E-state index in [-0.39, 0.29) is 23.1 Å². The number of hydrogen-bond acceptors (Lipinski definition) is 8. The highest BCUT2D eigenvalue weighted by molar-refractivity contribution is 6.16. The molecule has 8 heteroatoms. The highest BCUT2D eigenvalue weighted by atomic mass is 16.5. The molecule has 0 bridgehead atoms. The van der Waals surface area contributed by atoms with Crippen LogP contribution in [0.5, 0.6) is 11.5 Å². The third-order valence-electron chi connectivity index (χ3n) is 6.47. The number of benzene rings is 2. The lowest BCUT2D eigenvalue weighted by Crippen LogP contribution is -2.47. The standard InChI is InChI=1S/C25H25N7O/c26-15-32-14-18(10-11-25(32)12-13-25)31-24-21(23(28)29-16-30-24)22(27)17-6-8-20(9-7-17)33-19-4-2-1-3-5-19/h1-9,16,18,27H,10-14H2,(H3,28,29,30,31). The number of nitrogens with two attached hydrogens (primary N) is 1. The minimum atomic E-state index is 0.0540. The maximum Gasteiger partial charge on any atom is 0.179 e. The predicted molar refractivity (Wildman–Crippen MR) is 126 cm³/mol. The summed E-state index contributed by atoms with van der Waals surface area (Å²) >= 11 is 0. The van der Waals surface area contributed by atoms with Crippen LogP contribution in [0, 0.1) is 16.9 Å². The third-order valence-corrected chi connectivity index (χ3v) is 6.47. The van der Waals surface area contributed by atoms with Crippen molar-refractivity contribution < 1.29 is 4.74 Å². The molecule has 0 amide bonds. The SMILES string of the molecule is N#CN1CC(Nc2ncnc(N)c2C(=N)c2ccc(Oc3ccccc3)cc2)CCC12CC2. The Labute approximate surface area is 192 Å². The Morgan fingerprint density at radius 2 is 1.82 bits per heavy atom. The number of aromatic nitrogens is 2. The van der Waals surface area contributed by atoms with Crippen LogP contribution in [0.3, 0.4) is 0 Å². The van der Waals surface area contributed by atoms with Gasteiger partial charge < -0.3 is 20.7 Å². The molecule has 1 aliphatic carbocycles. The van der Waals surface area contributed by atoms with Gasteiger partial charge in [-0.3, -0.25) is 5.41 Å². The molecule has 1 spiro atoms. The fraction of sp³-hybridized carbons (Fsp3) is 0.280. The van der Waals surface area contributed by atoms with Crippen LogP contribution < -0.4 is 15.8 Å². The molecule has 1 unspecified atom stereocenters. The first-order valence-corrected chi connectivity index (χ1v) is 11.0. The second kappa shape index (κ2) is 8.43. The molecule has 4 N–H and O–H groups in total. The number of nitriles is 1. The Morgan fingerprint density at radius 3 is 2.52 bits per heavy atom. The first-order chi connectivity index (χ1) is 16.1. The van der Waals surface area contributed by atoms with Gasteiger partial charge in [0.25, 0.3) is 0 Å². The molecule has 1 aromatic heterocycles. The number of likely N-dealkylation sites (tertiary alicyclic amines) is 1. The van der Waals surface area contributed by atoms with Gasteiger partial charge in [0.2, 0.25) is 0 Å². The van der Waals surface area contributed by atoms with Gasteiger partial charge in [-0.05, 0) is 62.1 Å². The Bertz CT molecular complexity index is 1200. The van der Waals surface area contributed by atoms with Gasteiger partial charge in [0, 0.05) is 18.2 Å². The predicted octanol–water partition coefficient (Wildman–Crippen LogP) is 4.16. The van der Waals surface area contributed by atoms with E-state index in [2.05, 4.69) is 21.5 Å². The van der Waals surface area contributed by atoms with E-state index in [0.29, 0.717) is 29.2 Å². The molecule has 3 aromatic rings. The van der Waals surface area contributed by atoms with Gasteiger partial charge in [-0.25, -0.2) is 9.97 Å². The zero-order valence-corrected chi connectivity index (χ0v) is 18.2. The van der Waals surface area contributed by atoms with E-state index in [0.717, 1.165) is 31.4 Å². The Kier molecular flexibility index (Phi) is 5.31. The van der Waals surface area contributed by atoms with Crippen LogP contribution in [0.1, 0.15) is 36.8 Å². The van der Waals surface area contributed by atoms with Gasteiger partial charge in [0.15, 0.2) is 6.19 Å². The Morgan fingerprint density at radius 1 is 1.09 bits per heavy atom. The van der Waals surface area contributed by atoms with Gasteiger partial charge in [0.1, 0.15) is 29.5 Å². The van der Waals surface area contributed by atoms with Crippen LogP contribution in [0.25, 0.3) is 0 Å².